The van der Waals surface area contributed by atoms with Crippen LogP contribution in [0.3, 0.4) is 0 Å². The average molecular weight is 460 g/mol. The molecule has 0 saturated carbocycles. The third-order valence-corrected chi connectivity index (χ3v) is 6.72. The second kappa shape index (κ2) is 9.56. The molecule has 5 rings (SSSR count). The number of anilines is 2. The van der Waals surface area contributed by atoms with Gasteiger partial charge < -0.3 is 14.2 Å². The van der Waals surface area contributed by atoms with E-state index in [0.717, 1.165) is 29.9 Å². The summed E-state index contributed by atoms with van der Waals surface area (Å²) in [6, 6.07) is 17.9. The second-order valence-electron chi connectivity index (χ2n) is 7.95. The Morgan fingerprint density at radius 2 is 1.97 bits per heavy atom. The molecule has 168 valence electrons. The van der Waals surface area contributed by atoms with E-state index < -0.39 is 0 Å². The highest BCUT2D eigenvalue weighted by Crippen LogP contribution is 2.38. The van der Waals surface area contributed by atoms with Crippen molar-refractivity contribution in [2.75, 3.05) is 23.9 Å². The normalized spacial score (nSPS) is 17.9. The van der Waals surface area contributed by atoms with Crippen LogP contribution < -0.4 is 10.2 Å². The van der Waals surface area contributed by atoms with Gasteiger partial charge in [-0.3, -0.25) is 15.1 Å². The van der Waals surface area contributed by atoms with Crippen LogP contribution in [-0.4, -0.2) is 40.2 Å². The number of ether oxygens (including phenoxy) is 1. The van der Waals surface area contributed by atoms with E-state index in [2.05, 4.69) is 27.3 Å². The Balaban J connectivity index is 1.33. The van der Waals surface area contributed by atoms with Gasteiger partial charge in [-0.2, -0.15) is 0 Å². The molecular weight excluding hydrogens is 434 g/mol. The highest BCUT2D eigenvalue weighted by molar-refractivity contribution is 7.14. The molecule has 2 unspecified atom stereocenters. The summed E-state index contributed by atoms with van der Waals surface area (Å²) >= 11 is 1.44. The Hall–Kier alpha value is -3.49. The number of benzene rings is 1. The van der Waals surface area contributed by atoms with Crippen LogP contribution >= 0.6 is 11.3 Å². The SMILES string of the molecule is COC1CCN(c2ccccc2)C1c1csc(NC(=O)c2cccn2Cc2ccncc2)n1. The first-order valence-corrected chi connectivity index (χ1v) is 11.8. The van der Waals surface area contributed by atoms with Gasteiger partial charge in [0.15, 0.2) is 5.13 Å². The highest BCUT2D eigenvalue weighted by Gasteiger charge is 2.37. The third-order valence-electron chi connectivity index (χ3n) is 5.94. The minimum Gasteiger partial charge on any atom is -0.379 e. The summed E-state index contributed by atoms with van der Waals surface area (Å²) < 4.78 is 7.70. The Labute approximate surface area is 196 Å². The lowest BCUT2D eigenvalue weighted by atomic mass is 10.1. The number of methoxy groups -OCH3 is 1. The zero-order valence-corrected chi connectivity index (χ0v) is 19.1. The molecule has 3 aromatic heterocycles. The van der Waals surface area contributed by atoms with Gasteiger partial charge >= 0.3 is 0 Å². The number of nitrogens with one attached hydrogen (secondary N) is 1. The van der Waals surface area contributed by atoms with Gasteiger partial charge in [-0.25, -0.2) is 4.98 Å². The highest BCUT2D eigenvalue weighted by atomic mass is 32.1. The molecule has 4 heterocycles. The van der Waals surface area contributed by atoms with Crippen LogP contribution in [0, 0.1) is 0 Å². The molecule has 0 bridgehead atoms. The molecule has 2 atom stereocenters. The molecule has 1 N–H and O–H groups in total. The van der Waals surface area contributed by atoms with Crippen LogP contribution in [0.25, 0.3) is 0 Å². The number of carbonyl (C=O) groups is 1. The van der Waals surface area contributed by atoms with Crippen molar-refractivity contribution in [2.45, 2.75) is 25.1 Å². The van der Waals surface area contributed by atoms with Crippen LogP contribution in [0.15, 0.2) is 78.6 Å². The van der Waals surface area contributed by atoms with Gasteiger partial charge in [0.2, 0.25) is 0 Å². The predicted octanol–water partition coefficient (Wildman–Crippen LogP) is 4.61. The van der Waals surface area contributed by atoms with E-state index >= 15 is 0 Å². The number of carbonyl (C=O) groups excluding carboxylic acids is 1. The zero-order valence-electron chi connectivity index (χ0n) is 18.3. The summed E-state index contributed by atoms with van der Waals surface area (Å²) in [6.45, 7) is 1.50. The maximum Gasteiger partial charge on any atom is 0.274 e. The number of amides is 1. The summed E-state index contributed by atoms with van der Waals surface area (Å²) in [5, 5.41) is 5.58. The van der Waals surface area contributed by atoms with Gasteiger partial charge in [0.25, 0.3) is 5.91 Å². The zero-order chi connectivity index (χ0) is 22.6. The molecule has 1 fully saturated rings. The van der Waals surface area contributed by atoms with Gasteiger partial charge in [0.1, 0.15) is 5.69 Å². The largest absolute Gasteiger partial charge is 0.379 e. The Kier molecular flexibility index (Phi) is 6.19. The van der Waals surface area contributed by atoms with Crippen molar-refractivity contribution < 1.29 is 9.53 Å². The second-order valence-corrected chi connectivity index (χ2v) is 8.80. The summed E-state index contributed by atoms with van der Waals surface area (Å²) in [6.07, 6.45) is 6.39. The molecule has 1 aliphatic rings. The molecule has 8 heteroatoms. The lowest BCUT2D eigenvalue weighted by Crippen LogP contribution is -2.28. The molecule has 0 aliphatic carbocycles. The molecule has 33 heavy (non-hydrogen) atoms. The summed E-state index contributed by atoms with van der Waals surface area (Å²) in [5.41, 5.74) is 3.73. The predicted molar refractivity (Wildman–Crippen MR) is 130 cm³/mol. The van der Waals surface area contributed by atoms with E-state index in [1.807, 2.05) is 58.6 Å². The van der Waals surface area contributed by atoms with Crippen molar-refractivity contribution in [3.05, 3.63) is 95.5 Å². The number of pyridine rings is 1. The van der Waals surface area contributed by atoms with Crippen molar-refractivity contribution in [1.29, 1.82) is 0 Å². The van der Waals surface area contributed by atoms with Crippen LogP contribution in [-0.2, 0) is 11.3 Å². The fourth-order valence-corrected chi connectivity index (χ4v) is 5.09. The molecule has 0 radical (unpaired) electrons. The van der Waals surface area contributed by atoms with Gasteiger partial charge in [-0.1, -0.05) is 18.2 Å². The van der Waals surface area contributed by atoms with Crippen molar-refractivity contribution in [3.63, 3.8) is 0 Å². The molecule has 1 aliphatic heterocycles. The molecule has 1 aromatic carbocycles. The Morgan fingerprint density at radius 1 is 1.15 bits per heavy atom. The molecular formula is C25H25N5O2S. The number of para-hydroxylation sites is 1. The van der Waals surface area contributed by atoms with E-state index in [9.17, 15) is 4.79 Å². The van der Waals surface area contributed by atoms with Crippen LogP contribution in [0.2, 0.25) is 0 Å². The van der Waals surface area contributed by atoms with Crippen LogP contribution in [0.1, 0.15) is 34.2 Å². The summed E-state index contributed by atoms with van der Waals surface area (Å²) in [5.74, 6) is -0.176. The number of hydrogen-bond donors (Lipinski definition) is 1. The molecule has 4 aromatic rings. The topological polar surface area (TPSA) is 72.3 Å². The van der Waals surface area contributed by atoms with Gasteiger partial charge in [0, 0.05) is 49.9 Å². The maximum atomic E-state index is 13.0. The number of thiazole rings is 1. The summed E-state index contributed by atoms with van der Waals surface area (Å²) in [4.78, 5) is 24.2. The fourth-order valence-electron chi connectivity index (χ4n) is 4.35. The fraction of sp³-hybridized carbons (Fsp3) is 0.240. The monoisotopic (exact) mass is 459 g/mol. The average Bonchev–Trinajstić information content (AvgIpc) is 3.59. The van der Waals surface area contributed by atoms with E-state index in [4.69, 9.17) is 9.72 Å². The lowest BCUT2D eigenvalue weighted by molar-refractivity contribution is 0.0946. The van der Waals surface area contributed by atoms with E-state index in [0.29, 0.717) is 17.4 Å². The minimum atomic E-state index is -0.176. The van der Waals surface area contributed by atoms with Crippen molar-refractivity contribution in [2.24, 2.45) is 0 Å². The van der Waals surface area contributed by atoms with Crippen molar-refractivity contribution >= 4 is 28.1 Å². The van der Waals surface area contributed by atoms with Crippen LogP contribution in [0.5, 0.6) is 0 Å². The standard InChI is InChI=1S/C25H25N5O2S/c1-32-22-11-15-30(19-6-3-2-4-7-19)23(22)20-17-33-25(27-20)28-24(31)21-8-5-14-29(21)16-18-9-12-26-13-10-18/h2-10,12-14,17,22-23H,11,15-16H2,1H3,(H,27,28,31). The van der Waals surface area contributed by atoms with E-state index in [1.54, 1.807) is 19.5 Å². The molecule has 7 nitrogen and oxygen atoms in total. The van der Waals surface area contributed by atoms with Gasteiger partial charge in [0.05, 0.1) is 17.8 Å². The Bertz CT molecular complexity index is 1210. The lowest BCUT2D eigenvalue weighted by Gasteiger charge is -2.28. The first kappa shape index (κ1) is 21.4. The molecule has 1 saturated heterocycles. The number of aromatic nitrogens is 3. The first-order chi connectivity index (χ1) is 16.2. The molecule has 0 spiro atoms. The third kappa shape index (κ3) is 4.53. The number of nitrogens with zero attached hydrogens (tertiary/aromatic N) is 4. The maximum absolute atomic E-state index is 13.0. The van der Waals surface area contributed by atoms with Crippen molar-refractivity contribution in [1.82, 2.24) is 14.5 Å². The summed E-state index contributed by atoms with van der Waals surface area (Å²) in [7, 11) is 1.75. The Morgan fingerprint density at radius 3 is 2.76 bits per heavy atom. The minimum absolute atomic E-state index is 0.00912. The van der Waals surface area contributed by atoms with Crippen LogP contribution in [0.4, 0.5) is 10.8 Å². The van der Waals surface area contributed by atoms with Crippen molar-refractivity contribution in [3.8, 4) is 0 Å². The van der Waals surface area contributed by atoms with E-state index in [1.165, 1.54) is 11.3 Å². The van der Waals surface area contributed by atoms with Gasteiger partial charge in [-0.05, 0) is 48.4 Å². The molecule has 1 amide bonds. The smallest absolute Gasteiger partial charge is 0.274 e. The van der Waals surface area contributed by atoms with Gasteiger partial charge in [-0.15, -0.1) is 11.3 Å². The first-order valence-electron chi connectivity index (χ1n) is 10.9. The number of rotatable bonds is 7. The quantitative estimate of drug-likeness (QED) is 0.437. The van der Waals surface area contributed by atoms with E-state index in [-0.39, 0.29) is 18.1 Å². The number of hydrogen-bond acceptors (Lipinski definition) is 6.